The van der Waals surface area contributed by atoms with Crippen LogP contribution in [-0.2, 0) is 4.74 Å². The average molecular weight is 456 g/mol. The normalized spacial score (nSPS) is 22.7. The third-order valence-electron chi connectivity index (χ3n) is 6.30. The summed E-state index contributed by atoms with van der Waals surface area (Å²) >= 11 is 1.67. The lowest BCUT2D eigenvalue weighted by Crippen LogP contribution is -2.39. The van der Waals surface area contributed by atoms with Gasteiger partial charge in [0.05, 0.1) is 11.8 Å². The summed E-state index contributed by atoms with van der Waals surface area (Å²) in [5, 5.41) is 0.802. The Morgan fingerprint density at radius 1 is 1.16 bits per heavy atom. The predicted octanol–water partition coefficient (Wildman–Crippen LogP) is 3.85. The van der Waals surface area contributed by atoms with Crippen molar-refractivity contribution in [3.8, 4) is 11.5 Å². The molecule has 0 bridgehead atoms. The van der Waals surface area contributed by atoms with Crippen LogP contribution < -0.4 is 9.47 Å². The molecule has 3 aliphatic heterocycles. The van der Waals surface area contributed by atoms with E-state index in [1.807, 2.05) is 23.2 Å². The van der Waals surface area contributed by atoms with E-state index < -0.39 is 0 Å². The molecule has 3 aliphatic rings. The minimum absolute atomic E-state index is 0.0337. The zero-order valence-electron chi connectivity index (χ0n) is 18.4. The van der Waals surface area contributed by atoms with Crippen LogP contribution in [0.15, 0.2) is 29.6 Å². The number of amides is 1. The summed E-state index contributed by atoms with van der Waals surface area (Å²) in [5.74, 6) is 2.49. The van der Waals surface area contributed by atoms with Crippen LogP contribution in [0.2, 0.25) is 0 Å². The molecule has 8 heteroatoms. The van der Waals surface area contributed by atoms with Gasteiger partial charge in [0, 0.05) is 43.1 Å². The van der Waals surface area contributed by atoms with Crippen molar-refractivity contribution in [2.24, 2.45) is 0 Å². The average Bonchev–Trinajstić information content (AvgIpc) is 3.36. The number of aryl methyl sites for hydroxylation is 1. The van der Waals surface area contributed by atoms with Crippen LogP contribution in [0.5, 0.6) is 11.5 Å². The SMILES string of the molecule is Cc1cnc(SC[C@H]2CCCO2)nc1[C@@H]1CCCN(C(=O)c2ccc3c(c2)OCCO3)C1. The largest absolute Gasteiger partial charge is 0.486 e. The van der Waals surface area contributed by atoms with Gasteiger partial charge in [-0.3, -0.25) is 4.79 Å². The molecular formula is C24H29N3O4S. The number of thioether (sulfide) groups is 1. The molecule has 2 atom stereocenters. The Morgan fingerprint density at radius 3 is 2.88 bits per heavy atom. The maximum Gasteiger partial charge on any atom is 0.254 e. The lowest BCUT2D eigenvalue weighted by Gasteiger charge is -2.33. The Morgan fingerprint density at radius 2 is 2.03 bits per heavy atom. The van der Waals surface area contributed by atoms with Crippen molar-refractivity contribution >= 4 is 17.7 Å². The van der Waals surface area contributed by atoms with E-state index in [-0.39, 0.29) is 11.8 Å². The molecule has 2 aromatic rings. The number of nitrogens with zero attached hydrogens (tertiary/aromatic N) is 3. The number of aromatic nitrogens is 2. The molecule has 32 heavy (non-hydrogen) atoms. The number of rotatable bonds is 5. The van der Waals surface area contributed by atoms with E-state index in [0.29, 0.717) is 42.9 Å². The van der Waals surface area contributed by atoms with Gasteiger partial charge in [-0.1, -0.05) is 11.8 Å². The van der Waals surface area contributed by atoms with Gasteiger partial charge in [0.1, 0.15) is 13.2 Å². The molecule has 170 valence electrons. The molecule has 5 rings (SSSR count). The Balaban J connectivity index is 1.28. The maximum atomic E-state index is 13.2. The third kappa shape index (κ3) is 4.71. The first-order valence-corrected chi connectivity index (χ1v) is 12.4. The molecule has 0 spiro atoms. The van der Waals surface area contributed by atoms with Gasteiger partial charge in [-0.2, -0.15) is 0 Å². The number of carbonyl (C=O) groups is 1. The van der Waals surface area contributed by atoms with Crippen molar-refractivity contribution in [2.75, 3.05) is 38.7 Å². The highest BCUT2D eigenvalue weighted by Crippen LogP contribution is 2.33. The number of piperidine rings is 1. The summed E-state index contributed by atoms with van der Waals surface area (Å²) in [4.78, 5) is 24.6. The molecule has 1 aromatic heterocycles. The molecule has 0 radical (unpaired) electrons. The van der Waals surface area contributed by atoms with Gasteiger partial charge < -0.3 is 19.1 Å². The Bertz CT molecular complexity index is 980. The van der Waals surface area contributed by atoms with Gasteiger partial charge in [0.25, 0.3) is 5.91 Å². The van der Waals surface area contributed by atoms with Crippen LogP contribution in [-0.4, -0.2) is 65.5 Å². The van der Waals surface area contributed by atoms with Crippen LogP contribution in [0.4, 0.5) is 0 Å². The number of fused-ring (bicyclic) bond motifs is 1. The van der Waals surface area contributed by atoms with Crippen molar-refractivity contribution in [1.82, 2.24) is 14.9 Å². The summed E-state index contributed by atoms with van der Waals surface area (Å²) in [7, 11) is 0. The standard InChI is InChI=1S/C24H29N3O4S/c1-16-13-25-24(32-15-19-5-3-9-29-19)26-22(16)18-4-2-8-27(14-18)23(28)17-6-7-20-21(12-17)31-11-10-30-20/h6-7,12-13,18-19H,2-5,8-11,14-15H2,1H3/t18-,19-/m1/s1. The van der Waals surface area contributed by atoms with E-state index in [4.69, 9.17) is 19.2 Å². The van der Waals surface area contributed by atoms with Crippen LogP contribution in [0.3, 0.4) is 0 Å². The molecule has 0 N–H and O–H groups in total. The van der Waals surface area contributed by atoms with Gasteiger partial charge in [-0.15, -0.1) is 0 Å². The third-order valence-corrected chi connectivity index (χ3v) is 7.29. The zero-order valence-corrected chi connectivity index (χ0v) is 19.2. The van der Waals surface area contributed by atoms with E-state index in [1.165, 1.54) is 0 Å². The minimum Gasteiger partial charge on any atom is -0.486 e. The van der Waals surface area contributed by atoms with E-state index >= 15 is 0 Å². The Hall–Kier alpha value is -2.32. The Kier molecular flexibility index (Phi) is 6.50. The van der Waals surface area contributed by atoms with Gasteiger partial charge in [-0.25, -0.2) is 9.97 Å². The molecule has 1 aromatic carbocycles. The van der Waals surface area contributed by atoms with Crippen LogP contribution in [0.25, 0.3) is 0 Å². The van der Waals surface area contributed by atoms with Crippen LogP contribution in [0, 0.1) is 6.92 Å². The minimum atomic E-state index is 0.0337. The maximum absolute atomic E-state index is 13.2. The first-order valence-electron chi connectivity index (χ1n) is 11.4. The molecule has 2 saturated heterocycles. The van der Waals surface area contributed by atoms with E-state index in [1.54, 1.807) is 17.8 Å². The summed E-state index contributed by atoms with van der Waals surface area (Å²) in [6, 6.07) is 5.46. The summed E-state index contributed by atoms with van der Waals surface area (Å²) < 4.78 is 17.0. The number of hydrogen-bond donors (Lipinski definition) is 0. The molecule has 0 saturated carbocycles. The molecule has 1 amide bonds. The van der Waals surface area contributed by atoms with E-state index in [9.17, 15) is 4.79 Å². The molecule has 4 heterocycles. The second-order valence-corrected chi connectivity index (χ2v) is 9.60. The second kappa shape index (κ2) is 9.67. The van der Waals surface area contributed by atoms with Crippen molar-refractivity contribution in [1.29, 1.82) is 0 Å². The highest BCUT2D eigenvalue weighted by molar-refractivity contribution is 7.99. The van der Waals surface area contributed by atoms with Gasteiger partial charge in [0.2, 0.25) is 0 Å². The van der Waals surface area contributed by atoms with Gasteiger partial charge >= 0.3 is 0 Å². The fourth-order valence-corrected chi connectivity index (χ4v) is 5.50. The number of hydrogen-bond acceptors (Lipinski definition) is 7. The second-order valence-electron chi connectivity index (χ2n) is 8.62. The lowest BCUT2D eigenvalue weighted by atomic mass is 9.92. The molecule has 2 fully saturated rings. The summed E-state index contributed by atoms with van der Waals surface area (Å²) in [5.41, 5.74) is 2.79. The number of likely N-dealkylation sites (tertiary alicyclic amines) is 1. The monoisotopic (exact) mass is 455 g/mol. The Labute approximate surface area is 192 Å². The number of carbonyl (C=O) groups excluding carboxylic acids is 1. The highest BCUT2D eigenvalue weighted by atomic mass is 32.2. The number of benzene rings is 1. The summed E-state index contributed by atoms with van der Waals surface area (Å²) in [6.45, 7) is 5.40. The topological polar surface area (TPSA) is 73.8 Å². The molecule has 7 nitrogen and oxygen atoms in total. The highest BCUT2D eigenvalue weighted by Gasteiger charge is 2.28. The van der Waals surface area contributed by atoms with Crippen molar-refractivity contribution in [2.45, 2.75) is 49.8 Å². The van der Waals surface area contributed by atoms with E-state index in [2.05, 4.69) is 11.9 Å². The lowest BCUT2D eigenvalue weighted by molar-refractivity contribution is 0.0704. The quantitative estimate of drug-likeness (QED) is 0.501. The van der Waals surface area contributed by atoms with Crippen molar-refractivity contribution < 1.29 is 19.0 Å². The van der Waals surface area contributed by atoms with Gasteiger partial charge in [-0.05, 0) is 56.4 Å². The predicted molar refractivity (Wildman–Crippen MR) is 122 cm³/mol. The first kappa shape index (κ1) is 21.5. The van der Waals surface area contributed by atoms with Crippen LogP contribution in [0.1, 0.15) is 53.2 Å². The summed E-state index contributed by atoms with van der Waals surface area (Å²) in [6.07, 6.45) is 6.47. The fourth-order valence-electron chi connectivity index (χ4n) is 4.61. The fraction of sp³-hybridized carbons (Fsp3) is 0.542. The molecule has 0 unspecified atom stereocenters. The molecule has 0 aliphatic carbocycles. The van der Waals surface area contributed by atoms with E-state index in [0.717, 1.165) is 61.0 Å². The molecular weight excluding hydrogens is 426 g/mol. The van der Waals surface area contributed by atoms with Crippen molar-refractivity contribution in [3.05, 3.63) is 41.2 Å². The van der Waals surface area contributed by atoms with Crippen LogP contribution >= 0.6 is 11.8 Å². The first-order chi connectivity index (χ1) is 15.7. The number of ether oxygens (including phenoxy) is 3. The smallest absolute Gasteiger partial charge is 0.254 e. The van der Waals surface area contributed by atoms with Gasteiger partial charge in [0.15, 0.2) is 16.7 Å². The zero-order chi connectivity index (χ0) is 21.9. The van der Waals surface area contributed by atoms with Crippen molar-refractivity contribution in [3.63, 3.8) is 0 Å².